The highest BCUT2D eigenvalue weighted by Gasteiger charge is 2.32. The lowest BCUT2D eigenvalue weighted by Crippen LogP contribution is -2.51. The first-order valence-corrected chi connectivity index (χ1v) is 11.0. The number of para-hydroxylation sites is 1. The molecule has 1 unspecified atom stereocenters. The Labute approximate surface area is 191 Å². The standard InChI is InChI=1S/C25H25N5O3/c1-17-15-22(28-33-17)27-24(31)23(18-7-3-2-4-8-18)29-11-13-30(14-12-29)25(32)21-16-19-9-5-6-10-20(19)26-21/h2-10,15-16,23,26H,11-14H2,1H3,(H,27,28,31). The lowest BCUT2D eigenvalue weighted by atomic mass is 10.0. The Bertz CT molecular complexity index is 1240. The van der Waals surface area contributed by atoms with Crippen LogP contribution in [0.1, 0.15) is 27.9 Å². The third-order valence-corrected chi connectivity index (χ3v) is 5.97. The third kappa shape index (κ3) is 4.38. The Balaban J connectivity index is 1.30. The smallest absolute Gasteiger partial charge is 0.270 e. The van der Waals surface area contributed by atoms with Gasteiger partial charge in [-0.15, -0.1) is 0 Å². The van der Waals surface area contributed by atoms with Gasteiger partial charge in [0, 0.05) is 43.1 Å². The van der Waals surface area contributed by atoms with E-state index in [1.165, 1.54) is 0 Å². The summed E-state index contributed by atoms with van der Waals surface area (Å²) in [5.41, 5.74) is 2.43. The van der Waals surface area contributed by atoms with Crippen molar-refractivity contribution in [2.45, 2.75) is 13.0 Å². The molecular weight excluding hydrogens is 418 g/mol. The minimum atomic E-state index is -0.492. The minimum Gasteiger partial charge on any atom is -0.360 e. The molecule has 2 aromatic carbocycles. The van der Waals surface area contributed by atoms with E-state index in [0.29, 0.717) is 43.5 Å². The number of aryl methyl sites for hydroxylation is 1. The molecule has 0 spiro atoms. The number of carbonyl (C=O) groups excluding carboxylic acids is 2. The summed E-state index contributed by atoms with van der Waals surface area (Å²) in [5, 5.41) is 7.76. The van der Waals surface area contributed by atoms with Crippen LogP contribution in [0.4, 0.5) is 5.82 Å². The molecule has 4 aromatic rings. The summed E-state index contributed by atoms with van der Waals surface area (Å²) in [6.45, 7) is 4.01. The molecule has 1 saturated heterocycles. The van der Waals surface area contributed by atoms with Crippen LogP contribution in [-0.4, -0.2) is 57.9 Å². The Morgan fingerprint density at radius 3 is 2.42 bits per heavy atom. The number of nitrogens with one attached hydrogen (secondary N) is 2. The van der Waals surface area contributed by atoms with Gasteiger partial charge < -0.3 is 19.7 Å². The molecule has 0 aliphatic carbocycles. The maximum atomic E-state index is 13.2. The molecule has 168 valence electrons. The van der Waals surface area contributed by atoms with Crippen molar-refractivity contribution in [1.82, 2.24) is 19.9 Å². The van der Waals surface area contributed by atoms with Gasteiger partial charge in [0.2, 0.25) is 5.91 Å². The number of aromatic nitrogens is 2. The number of piperazine rings is 1. The number of anilines is 1. The van der Waals surface area contributed by atoms with E-state index in [1.807, 2.05) is 65.6 Å². The van der Waals surface area contributed by atoms with Crippen LogP contribution < -0.4 is 5.32 Å². The van der Waals surface area contributed by atoms with Crippen LogP contribution in [0.3, 0.4) is 0 Å². The number of fused-ring (bicyclic) bond motifs is 1. The summed E-state index contributed by atoms with van der Waals surface area (Å²) in [6.07, 6.45) is 0. The summed E-state index contributed by atoms with van der Waals surface area (Å²) >= 11 is 0. The Kier molecular flexibility index (Phi) is 5.66. The number of rotatable bonds is 5. The summed E-state index contributed by atoms with van der Waals surface area (Å²) in [7, 11) is 0. The van der Waals surface area contributed by atoms with Crippen LogP contribution >= 0.6 is 0 Å². The number of benzene rings is 2. The molecule has 1 atom stereocenters. The van der Waals surface area contributed by atoms with Gasteiger partial charge in [-0.2, -0.15) is 0 Å². The molecule has 8 heteroatoms. The van der Waals surface area contributed by atoms with Crippen LogP contribution in [0.15, 0.2) is 71.3 Å². The lowest BCUT2D eigenvalue weighted by molar-refractivity contribution is -0.122. The molecule has 5 rings (SSSR count). The highest BCUT2D eigenvalue weighted by Crippen LogP contribution is 2.25. The van der Waals surface area contributed by atoms with Gasteiger partial charge in [0.1, 0.15) is 17.5 Å². The molecule has 2 amide bonds. The number of hydrogen-bond donors (Lipinski definition) is 2. The zero-order chi connectivity index (χ0) is 22.8. The van der Waals surface area contributed by atoms with Crippen LogP contribution in [0, 0.1) is 6.92 Å². The number of hydrogen-bond acceptors (Lipinski definition) is 5. The monoisotopic (exact) mass is 443 g/mol. The number of H-pyrrole nitrogens is 1. The predicted molar refractivity (Wildman–Crippen MR) is 125 cm³/mol. The first kappa shape index (κ1) is 21.0. The van der Waals surface area contributed by atoms with Crippen molar-refractivity contribution in [2.24, 2.45) is 0 Å². The van der Waals surface area contributed by atoms with Gasteiger partial charge in [0.05, 0.1) is 0 Å². The van der Waals surface area contributed by atoms with E-state index in [2.05, 4.69) is 20.4 Å². The lowest BCUT2D eigenvalue weighted by Gasteiger charge is -2.38. The SMILES string of the molecule is Cc1cc(NC(=O)C(c2ccccc2)N2CCN(C(=O)c3cc4ccccc4[nH]3)CC2)no1. The van der Waals surface area contributed by atoms with Gasteiger partial charge in [-0.3, -0.25) is 14.5 Å². The van der Waals surface area contributed by atoms with Gasteiger partial charge in [-0.1, -0.05) is 53.7 Å². The Morgan fingerprint density at radius 1 is 1.00 bits per heavy atom. The van der Waals surface area contributed by atoms with E-state index < -0.39 is 6.04 Å². The third-order valence-electron chi connectivity index (χ3n) is 5.97. The van der Waals surface area contributed by atoms with Crippen LogP contribution in [-0.2, 0) is 4.79 Å². The van der Waals surface area contributed by atoms with Gasteiger partial charge >= 0.3 is 0 Å². The molecule has 2 N–H and O–H groups in total. The molecule has 0 bridgehead atoms. The summed E-state index contributed by atoms with van der Waals surface area (Å²) in [5.74, 6) is 0.825. The fraction of sp³-hybridized carbons (Fsp3) is 0.240. The maximum absolute atomic E-state index is 13.2. The second-order valence-corrected chi connectivity index (χ2v) is 8.22. The molecule has 1 fully saturated rings. The summed E-state index contributed by atoms with van der Waals surface area (Å²) in [6, 6.07) is 20.6. The molecular formula is C25H25N5O3. The van der Waals surface area contributed by atoms with E-state index in [1.54, 1.807) is 13.0 Å². The van der Waals surface area contributed by atoms with Gasteiger partial charge in [0.15, 0.2) is 5.82 Å². The van der Waals surface area contributed by atoms with Crippen molar-refractivity contribution in [1.29, 1.82) is 0 Å². The van der Waals surface area contributed by atoms with Crippen LogP contribution in [0.2, 0.25) is 0 Å². The van der Waals surface area contributed by atoms with Crippen molar-refractivity contribution >= 4 is 28.5 Å². The van der Waals surface area contributed by atoms with Crippen molar-refractivity contribution < 1.29 is 14.1 Å². The molecule has 0 radical (unpaired) electrons. The molecule has 2 aromatic heterocycles. The normalized spacial score (nSPS) is 15.5. The van der Waals surface area contributed by atoms with Gasteiger partial charge in [0.25, 0.3) is 5.91 Å². The Hall–Kier alpha value is -3.91. The average molecular weight is 444 g/mol. The van der Waals surface area contributed by atoms with Crippen LogP contribution in [0.5, 0.6) is 0 Å². The van der Waals surface area contributed by atoms with Crippen molar-refractivity contribution in [3.63, 3.8) is 0 Å². The Morgan fingerprint density at radius 2 is 1.73 bits per heavy atom. The fourth-order valence-electron chi connectivity index (χ4n) is 4.33. The first-order valence-electron chi connectivity index (χ1n) is 11.0. The summed E-state index contributed by atoms with van der Waals surface area (Å²) in [4.78, 5) is 33.5. The number of nitrogens with zero attached hydrogens (tertiary/aromatic N) is 3. The second-order valence-electron chi connectivity index (χ2n) is 8.22. The van der Waals surface area contributed by atoms with E-state index in [4.69, 9.17) is 4.52 Å². The average Bonchev–Trinajstić information content (AvgIpc) is 3.46. The van der Waals surface area contributed by atoms with E-state index >= 15 is 0 Å². The molecule has 8 nitrogen and oxygen atoms in total. The topological polar surface area (TPSA) is 94.5 Å². The zero-order valence-electron chi connectivity index (χ0n) is 18.3. The number of carbonyl (C=O) groups is 2. The molecule has 33 heavy (non-hydrogen) atoms. The number of amides is 2. The largest absolute Gasteiger partial charge is 0.360 e. The maximum Gasteiger partial charge on any atom is 0.270 e. The van der Waals surface area contributed by atoms with Crippen molar-refractivity contribution in [2.75, 3.05) is 31.5 Å². The molecule has 1 aliphatic heterocycles. The first-order chi connectivity index (χ1) is 16.1. The predicted octanol–water partition coefficient (Wildman–Crippen LogP) is 3.60. The molecule has 1 aliphatic rings. The van der Waals surface area contributed by atoms with E-state index in [9.17, 15) is 9.59 Å². The van der Waals surface area contributed by atoms with Gasteiger partial charge in [-0.25, -0.2) is 0 Å². The molecule has 3 heterocycles. The van der Waals surface area contributed by atoms with Gasteiger partial charge in [-0.05, 0) is 24.6 Å². The zero-order valence-corrected chi connectivity index (χ0v) is 18.3. The minimum absolute atomic E-state index is 0.0235. The van der Waals surface area contributed by atoms with E-state index in [-0.39, 0.29) is 11.8 Å². The highest BCUT2D eigenvalue weighted by molar-refractivity contribution is 5.98. The van der Waals surface area contributed by atoms with Crippen LogP contribution in [0.25, 0.3) is 10.9 Å². The summed E-state index contributed by atoms with van der Waals surface area (Å²) < 4.78 is 5.08. The fourth-order valence-corrected chi connectivity index (χ4v) is 4.33. The van der Waals surface area contributed by atoms with E-state index in [0.717, 1.165) is 16.5 Å². The quantitative estimate of drug-likeness (QED) is 0.492. The van der Waals surface area contributed by atoms with Crippen molar-refractivity contribution in [3.8, 4) is 0 Å². The highest BCUT2D eigenvalue weighted by atomic mass is 16.5. The van der Waals surface area contributed by atoms with Crippen molar-refractivity contribution in [3.05, 3.63) is 83.7 Å². The number of aromatic amines is 1. The molecule has 0 saturated carbocycles. The second kappa shape index (κ2) is 8.91.